The number of piperidine rings is 1. The van der Waals surface area contributed by atoms with E-state index < -0.39 is 0 Å². The van der Waals surface area contributed by atoms with E-state index in [2.05, 4.69) is 0 Å². The smallest absolute Gasteiger partial charge is 0.231 e. The van der Waals surface area contributed by atoms with Crippen molar-refractivity contribution in [3.63, 3.8) is 0 Å². The first-order chi connectivity index (χ1) is 10.3. The van der Waals surface area contributed by atoms with E-state index in [4.69, 9.17) is 9.47 Å². The molecule has 0 bridgehead atoms. The molecular weight excluding hydrogens is 266 g/mol. The van der Waals surface area contributed by atoms with Gasteiger partial charge in [-0.25, -0.2) is 0 Å². The number of carbonyl (C=O) groups excluding carboxylic acids is 1. The average Bonchev–Trinajstić information content (AvgIpc) is 3.26. The van der Waals surface area contributed by atoms with Crippen LogP contribution in [0.4, 0.5) is 0 Å². The maximum atomic E-state index is 12.4. The van der Waals surface area contributed by atoms with Crippen LogP contribution in [0.1, 0.15) is 31.2 Å². The van der Waals surface area contributed by atoms with Gasteiger partial charge in [0.15, 0.2) is 11.5 Å². The molecule has 1 saturated heterocycles. The Labute approximate surface area is 124 Å². The second-order valence-electron chi connectivity index (χ2n) is 5.95. The maximum Gasteiger partial charge on any atom is 0.231 e. The summed E-state index contributed by atoms with van der Waals surface area (Å²) < 4.78 is 10.7. The van der Waals surface area contributed by atoms with E-state index in [1.54, 1.807) is 11.1 Å². The Kier molecular flexibility index (Phi) is 3.09. The van der Waals surface area contributed by atoms with Crippen LogP contribution < -0.4 is 9.47 Å². The van der Waals surface area contributed by atoms with Crippen LogP contribution >= 0.6 is 0 Å². The Bertz CT molecular complexity index is 604. The van der Waals surface area contributed by atoms with Gasteiger partial charge in [0, 0.05) is 13.1 Å². The quantitative estimate of drug-likeness (QED) is 0.784. The molecule has 1 aliphatic carbocycles. The zero-order chi connectivity index (χ0) is 14.2. The molecule has 0 radical (unpaired) electrons. The van der Waals surface area contributed by atoms with Crippen LogP contribution in [-0.2, 0) is 11.2 Å². The van der Waals surface area contributed by atoms with Crippen molar-refractivity contribution in [1.29, 1.82) is 0 Å². The Morgan fingerprint density at radius 3 is 2.48 bits per heavy atom. The van der Waals surface area contributed by atoms with E-state index in [0.29, 0.717) is 6.42 Å². The van der Waals surface area contributed by atoms with Crippen LogP contribution in [0.25, 0.3) is 0 Å². The summed E-state index contributed by atoms with van der Waals surface area (Å²) in [4.78, 5) is 14.4. The number of likely N-dealkylation sites (tertiary alicyclic amines) is 1. The highest BCUT2D eigenvalue weighted by Crippen LogP contribution is 2.36. The summed E-state index contributed by atoms with van der Waals surface area (Å²) in [7, 11) is 0. The van der Waals surface area contributed by atoms with E-state index in [9.17, 15) is 4.79 Å². The van der Waals surface area contributed by atoms with Crippen LogP contribution in [0.3, 0.4) is 0 Å². The number of benzene rings is 1. The van der Waals surface area contributed by atoms with Crippen molar-refractivity contribution in [3.8, 4) is 11.5 Å². The van der Waals surface area contributed by atoms with Gasteiger partial charge in [0.1, 0.15) is 0 Å². The summed E-state index contributed by atoms with van der Waals surface area (Å²) in [5, 5.41) is 0. The summed E-state index contributed by atoms with van der Waals surface area (Å²) in [6.45, 7) is 2.03. The summed E-state index contributed by atoms with van der Waals surface area (Å²) in [5.74, 6) is 1.73. The van der Waals surface area contributed by atoms with E-state index in [1.807, 2.05) is 23.1 Å². The first-order valence-corrected chi connectivity index (χ1v) is 7.66. The predicted molar refractivity (Wildman–Crippen MR) is 78.3 cm³/mol. The molecule has 3 aliphatic rings. The molecule has 1 amide bonds. The van der Waals surface area contributed by atoms with Crippen molar-refractivity contribution in [2.45, 2.75) is 32.1 Å². The topological polar surface area (TPSA) is 38.8 Å². The van der Waals surface area contributed by atoms with Gasteiger partial charge in [0.2, 0.25) is 12.7 Å². The lowest BCUT2D eigenvalue weighted by atomic mass is 10.0. The number of rotatable bonds is 2. The minimum atomic E-state index is 0.216. The molecule has 1 aromatic rings. The van der Waals surface area contributed by atoms with Crippen molar-refractivity contribution in [3.05, 3.63) is 34.9 Å². The summed E-state index contributed by atoms with van der Waals surface area (Å²) >= 11 is 0. The molecule has 0 N–H and O–H groups in total. The molecule has 21 heavy (non-hydrogen) atoms. The minimum Gasteiger partial charge on any atom is -0.454 e. The third-order valence-corrected chi connectivity index (χ3v) is 4.51. The second-order valence-corrected chi connectivity index (χ2v) is 5.95. The average molecular weight is 285 g/mol. The number of hydrogen-bond acceptors (Lipinski definition) is 3. The molecular formula is C17H19NO3. The van der Waals surface area contributed by atoms with Gasteiger partial charge >= 0.3 is 0 Å². The Hall–Kier alpha value is -1.97. The largest absolute Gasteiger partial charge is 0.454 e. The van der Waals surface area contributed by atoms with Gasteiger partial charge in [0.05, 0.1) is 6.42 Å². The van der Waals surface area contributed by atoms with Crippen LogP contribution in [0.2, 0.25) is 0 Å². The Morgan fingerprint density at radius 2 is 1.71 bits per heavy atom. The molecule has 4 rings (SSSR count). The third-order valence-electron chi connectivity index (χ3n) is 4.51. The fourth-order valence-electron chi connectivity index (χ4n) is 3.13. The van der Waals surface area contributed by atoms with E-state index in [0.717, 1.165) is 43.0 Å². The molecule has 110 valence electrons. The number of nitrogens with zero attached hydrogens (tertiary/aromatic N) is 1. The van der Waals surface area contributed by atoms with Gasteiger partial charge in [0.25, 0.3) is 0 Å². The van der Waals surface area contributed by atoms with Crippen LogP contribution in [-0.4, -0.2) is 30.7 Å². The second kappa shape index (κ2) is 5.10. The van der Waals surface area contributed by atoms with Crippen LogP contribution in [0.15, 0.2) is 29.3 Å². The van der Waals surface area contributed by atoms with Crippen molar-refractivity contribution in [1.82, 2.24) is 4.90 Å². The maximum absolute atomic E-state index is 12.4. The van der Waals surface area contributed by atoms with E-state index in [1.165, 1.54) is 12.8 Å². The van der Waals surface area contributed by atoms with Gasteiger partial charge in [-0.1, -0.05) is 17.2 Å². The molecule has 0 atom stereocenters. The molecule has 4 nitrogen and oxygen atoms in total. The van der Waals surface area contributed by atoms with Gasteiger partial charge in [-0.15, -0.1) is 0 Å². The summed E-state index contributed by atoms with van der Waals surface area (Å²) in [5.41, 5.74) is 4.26. The molecule has 2 aliphatic heterocycles. The van der Waals surface area contributed by atoms with Gasteiger partial charge in [-0.3, -0.25) is 4.79 Å². The first kappa shape index (κ1) is 12.7. The number of hydrogen-bond donors (Lipinski definition) is 0. The first-order valence-electron chi connectivity index (χ1n) is 7.66. The Balaban J connectivity index is 1.38. The van der Waals surface area contributed by atoms with E-state index >= 15 is 0 Å². The van der Waals surface area contributed by atoms with Crippen molar-refractivity contribution in [2.75, 3.05) is 19.9 Å². The Morgan fingerprint density at radius 1 is 1.00 bits per heavy atom. The highest BCUT2D eigenvalue weighted by atomic mass is 16.7. The number of fused-ring (bicyclic) bond motifs is 1. The van der Waals surface area contributed by atoms with Crippen molar-refractivity contribution >= 4 is 5.91 Å². The van der Waals surface area contributed by atoms with E-state index in [-0.39, 0.29) is 12.7 Å². The van der Waals surface area contributed by atoms with Crippen molar-refractivity contribution < 1.29 is 14.3 Å². The van der Waals surface area contributed by atoms with Gasteiger partial charge in [-0.05, 0) is 43.4 Å². The zero-order valence-electron chi connectivity index (χ0n) is 12.1. The summed E-state index contributed by atoms with van der Waals surface area (Å²) in [6.07, 6.45) is 5.17. The number of carbonyl (C=O) groups is 1. The fraction of sp³-hybridized carbons (Fsp3) is 0.471. The molecule has 1 aromatic carbocycles. The molecule has 2 heterocycles. The molecule has 4 heteroatoms. The highest BCUT2D eigenvalue weighted by Gasteiger charge is 2.24. The molecule has 0 spiro atoms. The summed E-state index contributed by atoms with van der Waals surface area (Å²) in [6, 6.07) is 5.76. The third kappa shape index (κ3) is 2.62. The molecule has 2 fully saturated rings. The van der Waals surface area contributed by atoms with Crippen LogP contribution in [0.5, 0.6) is 11.5 Å². The molecule has 1 saturated carbocycles. The lowest BCUT2D eigenvalue weighted by Crippen LogP contribution is -2.37. The normalized spacial score (nSPS) is 19.9. The lowest BCUT2D eigenvalue weighted by Gasteiger charge is -2.28. The number of ether oxygens (including phenoxy) is 2. The fourth-order valence-corrected chi connectivity index (χ4v) is 3.13. The minimum absolute atomic E-state index is 0.216. The standard InChI is InChI=1S/C17H19NO3/c19-17(18-7-5-14(6-8-18)13-2-3-13)10-12-1-4-15-16(9-12)21-11-20-15/h1,4,9H,2-3,5-8,10-11H2. The lowest BCUT2D eigenvalue weighted by molar-refractivity contribution is -0.130. The van der Waals surface area contributed by atoms with Gasteiger partial charge < -0.3 is 14.4 Å². The number of amides is 1. The van der Waals surface area contributed by atoms with Gasteiger partial charge in [-0.2, -0.15) is 0 Å². The van der Waals surface area contributed by atoms with Crippen LogP contribution in [0, 0.1) is 0 Å². The highest BCUT2D eigenvalue weighted by molar-refractivity contribution is 5.79. The SMILES string of the molecule is O=C(Cc1ccc2c(c1)OCO2)N1CCC(=C2CC2)CC1. The number of allylic oxidation sites excluding steroid dienone is 1. The van der Waals surface area contributed by atoms with Crippen molar-refractivity contribution in [2.24, 2.45) is 0 Å². The molecule has 0 aromatic heterocycles. The molecule has 0 unspecified atom stereocenters. The zero-order valence-corrected chi connectivity index (χ0v) is 12.1. The predicted octanol–water partition coefficient (Wildman–Crippen LogP) is 2.67. The monoisotopic (exact) mass is 285 g/mol.